The summed E-state index contributed by atoms with van der Waals surface area (Å²) in [4.78, 5) is 64.1. The van der Waals surface area contributed by atoms with Gasteiger partial charge in [-0.15, -0.1) is 0 Å². The number of sulfonamides is 3. The maximum atomic E-state index is 13.7. The Balaban J connectivity index is 0.000000187. The van der Waals surface area contributed by atoms with Crippen LogP contribution >= 0.6 is 0 Å². The first-order valence-corrected chi connectivity index (χ1v) is 51.5. The Morgan fingerprint density at radius 3 is 1.23 bits per heavy atom. The smallest absolute Gasteiger partial charge is 0.374 e. The van der Waals surface area contributed by atoms with Crippen LogP contribution in [0.2, 0.25) is 0 Å². The molecule has 0 radical (unpaired) electrons. The first kappa shape index (κ1) is 113. The van der Waals surface area contributed by atoms with E-state index in [-0.39, 0.29) is 75.3 Å². The number of aliphatic hydroxyl groups excluding tert-OH is 2. The summed E-state index contributed by atoms with van der Waals surface area (Å²) in [7, 11) is -6.70. The van der Waals surface area contributed by atoms with E-state index in [0.717, 1.165) is 90.5 Å². The van der Waals surface area contributed by atoms with Gasteiger partial charge in [-0.25, -0.2) is 39.6 Å². The second-order valence-electron chi connectivity index (χ2n) is 34.9. The molecule has 8 aromatic heterocycles. The number of esters is 2. The molecule has 0 saturated heterocycles. The summed E-state index contributed by atoms with van der Waals surface area (Å²) in [6.45, 7) is 40.3. The number of ketones is 2. The number of benzene rings is 3. The number of ether oxygens (including phenoxy) is 7. The van der Waals surface area contributed by atoms with Crippen LogP contribution in [-0.4, -0.2) is 239 Å². The maximum Gasteiger partial charge on any atom is 0.374 e. The number of carboxylic acid groups (broad SMARTS) is 1. The van der Waals surface area contributed by atoms with Crippen LogP contribution in [0.25, 0.3) is 0 Å². The summed E-state index contributed by atoms with van der Waals surface area (Å²) in [6.07, 6.45) is 6.82. The number of nitrogens with two attached hydrogens (primary N) is 1. The molecule has 0 bridgehead atoms. The molecule has 3 aromatic carbocycles. The predicted octanol–water partition coefficient (Wildman–Crippen LogP) is 12.6. The number of aryl methyl sites for hydroxylation is 15. The quantitative estimate of drug-likeness (QED) is 0.0187. The predicted molar refractivity (Wildman–Crippen MR) is 540 cm³/mol. The second-order valence-corrected chi connectivity index (χ2v) is 40.4. The highest BCUT2D eigenvalue weighted by molar-refractivity contribution is 7.89. The number of aliphatic imine (C=N–C) groups is 1. The molecule has 0 fully saturated rings. The van der Waals surface area contributed by atoms with Crippen molar-refractivity contribution in [2.45, 2.75) is 215 Å². The standard InChI is InChI=1S/C21H28N2O5S.C20H26N2O6S.C18H24N2O4S.C12H17NO3.C11H14N2O2.C9H14N2O.C7H12N2.C5H7N/c1-14-10-18(27-5)11-15(2)21(14)29(25,26)23-9-8-22-16(3)6-7-19(22)20(23)13-28-12-17(4)24;1-13-9-16(27-4)10-14(2)20(13)29(25,26)22-8-7-21-15(3)5-6-17(21)18(22)11-28-12-19(23)24;1-12-9-15(24-4)10-13(2)18(12)25(22,23)20-8-7-19-14(3)5-6-16(19)17(20)11-21;1-3-16-12(15)11(14)7-5-9-13-8-4-6-10(13)2;1-3-15-11(14)10-9-5-4-8(2)13(9)7-6-12-10;1-7-2-3-9-8(6-12)10-4-5-11(7)9;1-7-3-2-5-9(7)6-4-8;1-5-3-2-4-6-5/h6-7,10-11,20H,8-9,12-13H2,1-5H3;5-6,9-10,18H,7-8,11-12H2,1-4H3,(H,23,24);5-6,9-10,17,21H,7-8,11H2,1-4H3;4,6,8H,3,5,7,9H2,1-2H3;4-5H,3,6-7H2,1-2H3;2-3,8,10,12H,4-6H2,1H3;2-3,5H,4,6,8H2,1H3;2-4,6H,1H3. The monoisotopic (exact) mass is 2010 g/mol. The van der Waals surface area contributed by atoms with Gasteiger partial charge in [-0.1, -0.05) is 0 Å². The molecule has 0 saturated carbocycles. The summed E-state index contributed by atoms with van der Waals surface area (Å²) >= 11 is 0. The van der Waals surface area contributed by atoms with Gasteiger partial charge in [0.2, 0.25) is 35.9 Å². The van der Waals surface area contributed by atoms with Crippen molar-refractivity contribution >= 4 is 65.3 Å². The number of carbonyl (C=O) groups is 5. The molecule has 38 heteroatoms. The minimum absolute atomic E-state index is 0.0370. The molecule has 16 rings (SSSR count). The highest BCUT2D eigenvalue weighted by Crippen LogP contribution is 2.41. The van der Waals surface area contributed by atoms with E-state index in [9.17, 15) is 54.3 Å². The number of aromatic nitrogens is 8. The molecule has 768 valence electrons. The summed E-state index contributed by atoms with van der Waals surface area (Å²) < 4.78 is 137. The molecule has 13 heterocycles. The minimum Gasteiger partial charge on any atom is -0.497 e. The summed E-state index contributed by atoms with van der Waals surface area (Å²) in [5.41, 5.74) is 23.4. The van der Waals surface area contributed by atoms with E-state index < -0.39 is 72.5 Å². The molecule has 7 N–H and O–H groups in total. The lowest BCUT2D eigenvalue weighted by atomic mass is 10.1. The van der Waals surface area contributed by atoms with Gasteiger partial charge in [0, 0.05) is 172 Å². The van der Waals surface area contributed by atoms with Crippen molar-refractivity contribution in [3.05, 3.63) is 259 Å². The van der Waals surface area contributed by atoms with E-state index in [0.29, 0.717) is 118 Å². The number of hydrogen-bond acceptors (Lipinski definition) is 23. The Bertz CT molecular complexity index is 6210. The topological polar surface area (TPSA) is 424 Å². The number of carboxylic acids is 1. The zero-order valence-electron chi connectivity index (χ0n) is 84.9. The zero-order chi connectivity index (χ0) is 103. The summed E-state index contributed by atoms with van der Waals surface area (Å²) in [5.74, 6) is -0.801. The molecule has 4 unspecified atom stereocenters. The molecule has 5 aliphatic rings. The number of aliphatic hydroxyl groups is 2. The number of nitrogens with one attached hydrogen (secondary N) is 2. The van der Waals surface area contributed by atoms with Crippen LogP contribution in [0.4, 0.5) is 0 Å². The van der Waals surface area contributed by atoms with Gasteiger partial charge >= 0.3 is 17.9 Å². The third kappa shape index (κ3) is 28.4. The SMILES string of the molecule is CCOC(=O)C(=O)CCCn1cccc1C.CCOC(=O)C1=NCCn2c(C)ccc21.COc1cc(C)c(S(=O)(=O)N2CCn3c(C)ccc3C2CO)c(C)c1.COc1cc(C)c(S(=O)(=O)N2CCn3c(C)ccc3C2COCC(=O)O)c(C)c1.COc1cc(C)c(S(=O)(=O)N2CCn3c(C)ccc3C2COCC(C)=O)c(C)c1.Cc1ccc2n1CCNC2CO.Cc1ccc[nH]1.Cc1cccn1CCN. The van der Waals surface area contributed by atoms with Crippen molar-refractivity contribution in [1.82, 2.24) is 55.2 Å². The Labute approximate surface area is 829 Å². The third-order valence-corrected chi connectivity index (χ3v) is 31.5. The van der Waals surface area contributed by atoms with Crippen molar-refractivity contribution in [2.75, 3.05) is 113 Å². The van der Waals surface area contributed by atoms with Crippen molar-refractivity contribution in [3.63, 3.8) is 0 Å². The first-order valence-electron chi connectivity index (χ1n) is 47.2. The van der Waals surface area contributed by atoms with E-state index in [4.69, 9.17) is 44.4 Å². The van der Waals surface area contributed by atoms with Crippen LogP contribution in [0.3, 0.4) is 0 Å². The molecule has 0 amide bonds. The van der Waals surface area contributed by atoms with Gasteiger partial charge in [0.15, 0.2) is 11.5 Å². The Morgan fingerprint density at radius 2 is 0.865 bits per heavy atom. The van der Waals surface area contributed by atoms with Crippen molar-refractivity contribution in [1.29, 1.82) is 0 Å². The first-order chi connectivity index (χ1) is 67.1. The number of methoxy groups -OCH3 is 3. The van der Waals surface area contributed by atoms with Crippen LogP contribution in [0.1, 0.15) is 165 Å². The highest BCUT2D eigenvalue weighted by Gasteiger charge is 2.43. The second kappa shape index (κ2) is 52.3. The zero-order valence-corrected chi connectivity index (χ0v) is 87.4. The average molecular weight is 2010 g/mol. The molecule has 0 aliphatic carbocycles. The molecule has 11 aromatic rings. The van der Waals surface area contributed by atoms with Gasteiger partial charge in [0.25, 0.3) is 0 Å². The van der Waals surface area contributed by atoms with Gasteiger partial charge in [0.1, 0.15) is 30.5 Å². The van der Waals surface area contributed by atoms with Crippen LogP contribution in [0.15, 0.2) is 172 Å². The number of carbonyl (C=O) groups excluding carboxylic acids is 4. The number of Topliss-reactive ketones (excluding diaryl/α,β-unsaturated/α-hetero) is 2. The van der Waals surface area contributed by atoms with Crippen molar-refractivity contribution < 1.29 is 97.7 Å². The molecule has 4 atom stereocenters. The van der Waals surface area contributed by atoms with Crippen LogP contribution in [0, 0.1) is 96.9 Å². The van der Waals surface area contributed by atoms with Gasteiger partial charge < -0.3 is 96.5 Å². The number of hydrogen-bond donors (Lipinski definition) is 6. The normalized spacial score (nSPS) is 15.9. The van der Waals surface area contributed by atoms with Gasteiger partial charge in [-0.2, -0.15) is 12.9 Å². The Kier molecular flexibility index (Phi) is 41.8. The van der Waals surface area contributed by atoms with Crippen molar-refractivity contribution in [2.24, 2.45) is 10.7 Å². The number of rotatable bonds is 29. The largest absolute Gasteiger partial charge is 0.497 e. The van der Waals surface area contributed by atoms with Gasteiger partial charge in [0.05, 0.1) is 112 Å². The van der Waals surface area contributed by atoms with Crippen LogP contribution in [0.5, 0.6) is 17.2 Å². The molecule has 5 aliphatic heterocycles. The highest BCUT2D eigenvalue weighted by atomic mass is 32.2. The maximum absolute atomic E-state index is 13.7. The van der Waals surface area contributed by atoms with E-state index in [1.165, 1.54) is 42.6 Å². The summed E-state index contributed by atoms with van der Waals surface area (Å²) in [5, 5.41) is 31.1. The third-order valence-electron chi connectivity index (χ3n) is 24.9. The van der Waals surface area contributed by atoms with E-state index in [1.54, 1.807) is 113 Å². The molecule has 0 spiro atoms. The molecular weight excluding hydrogens is 1870 g/mol. The fourth-order valence-corrected chi connectivity index (χ4v) is 24.0. The molecule has 35 nitrogen and oxygen atoms in total. The van der Waals surface area contributed by atoms with E-state index in [2.05, 4.69) is 84.0 Å². The lowest BCUT2D eigenvalue weighted by Crippen LogP contribution is -2.44. The lowest BCUT2D eigenvalue weighted by molar-refractivity contribution is -0.153. The van der Waals surface area contributed by atoms with Gasteiger partial charge in [-0.05, 0) is 291 Å². The van der Waals surface area contributed by atoms with Crippen molar-refractivity contribution in [3.8, 4) is 17.2 Å². The molecular formula is C103H142N14O21S3. The fourth-order valence-electron chi connectivity index (χ4n) is 18.1. The van der Waals surface area contributed by atoms with E-state index in [1.807, 2.05) is 139 Å². The number of aliphatic carboxylic acids is 1. The number of nitrogens with zero attached hydrogens (tertiary/aromatic N) is 11. The lowest BCUT2D eigenvalue weighted by Gasteiger charge is -2.37. The molecule has 141 heavy (non-hydrogen) atoms. The Hall–Kier alpha value is -11.8. The number of fused-ring (bicyclic) bond motifs is 5. The Morgan fingerprint density at radius 1 is 0.461 bits per heavy atom. The van der Waals surface area contributed by atoms with Crippen LogP contribution < -0.4 is 25.3 Å². The minimum atomic E-state index is -3.84. The summed E-state index contributed by atoms with van der Waals surface area (Å²) in [6, 6.07) is 40.5. The van der Waals surface area contributed by atoms with Gasteiger partial charge in [-0.3, -0.25) is 14.6 Å². The van der Waals surface area contributed by atoms with Crippen LogP contribution in [-0.2, 0) is 119 Å². The average Bonchev–Trinajstić information content (AvgIpc) is 1.19. The number of H-pyrrole nitrogens is 1. The fraction of sp³-hybridized carbons (Fsp3) is 0.456. The van der Waals surface area contributed by atoms with E-state index >= 15 is 0 Å². The number of aromatic amines is 1.